The number of piperazine rings is 1. The Balaban J connectivity index is 1.44. The lowest BCUT2D eigenvalue weighted by Crippen LogP contribution is -2.48. The Morgan fingerprint density at radius 2 is 2.04 bits per heavy atom. The normalized spacial score (nSPS) is 16.5. The molecule has 3 rings (SSSR count). The maximum Gasteiger partial charge on any atom is 0.319 e. The molecule has 0 spiro atoms. The number of anilines is 1. The van der Waals surface area contributed by atoms with Crippen LogP contribution >= 0.6 is 0 Å². The first-order chi connectivity index (χ1) is 12.0. The average molecular weight is 354 g/mol. The number of hydrogen-bond acceptors (Lipinski definition) is 6. The number of alkyl halides is 2. The zero-order chi connectivity index (χ0) is 17.8. The fraction of sp³-hybridized carbons (Fsp3) is 0.533. The van der Waals surface area contributed by atoms with E-state index < -0.39 is 6.55 Å². The molecule has 1 aliphatic heterocycles. The third kappa shape index (κ3) is 4.60. The fourth-order valence-electron chi connectivity index (χ4n) is 2.76. The van der Waals surface area contributed by atoms with Gasteiger partial charge in [-0.2, -0.15) is 8.78 Å². The maximum absolute atomic E-state index is 12.8. The van der Waals surface area contributed by atoms with Crippen molar-refractivity contribution < 1.29 is 18.1 Å². The van der Waals surface area contributed by atoms with Gasteiger partial charge in [0.05, 0.1) is 13.1 Å². The Kier molecular flexibility index (Phi) is 5.39. The van der Waals surface area contributed by atoms with E-state index in [1.54, 1.807) is 13.0 Å². The van der Waals surface area contributed by atoms with Crippen LogP contribution in [-0.4, -0.2) is 63.1 Å². The van der Waals surface area contributed by atoms with Gasteiger partial charge >= 0.3 is 6.55 Å². The number of aromatic nitrogens is 3. The van der Waals surface area contributed by atoms with Crippen molar-refractivity contribution in [1.29, 1.82) is 0 Å². The first-order valence-corrected chi connectivity index (χ1v) is 7.99. The van der Waals surface area contributed by atoms with Gasteiger partial charge in [-0.05, 0) is 6.92 Å². The van der Waals surface area contributed by atoms with Gasteiger partial charge in [0.25, 0.3) is 0 Å². The summed E-state index contributed by atoms with van der Waals surface area (Å²) in [5.41, 5.74) is 0. The van der Waals surface area contributed by atoms with Gasteiger partial charge in [-0.1, -0.05) is 5.16 Å². The first kappa shape index (κ1) is 17.5. The van der Waals surface area contributed by atoms with Crippen LogP contribution in [0.15, 0.2) is 23.0 Å². The molecule has 3 heterocycles. The topological polar surface area (TPSA) is 79.4 Å². The Hall–Kier alpha value is -2.33. The zero-order valence-corrected chi connectivity index (χ0v) is 13.9. The molecule has 0 aromatic carbocycles. The number of rotatable bonds is 6. The maximum atomic E-state index is 12.8. The number of hydrogen-bond donors (Lipinski definition) is 1. The molecule has 25 heavy (non-hydrogen) atoms. The number of aryl methyl sites for hydroxylation is 1. The number of carbonyl (C=O) groups is 1. The number of carbonyl (C=O) groups excluding carboxylic acids is 1. The molecule has 2 aromatic heterocycles. The standard InChI is InChI=1S/C15H20F2N6O2/c1-11-8-12(20-25-11)19-14(24)10-22-6-4-21(5-7-22)9-13-18-2-3-23(13)15(16)17/h2-3,8,15H,4-7,9-10H2,1H3,(H,19,20,24). The predicted molar refractivity (Wildman–Crippen MR) is 85.1 cm³/mol. The van der Waals surface area contributed by atoms with E-state index in [4.69, 9.17) is 4.52 Å². The number of nitrogens with one attached hydrogen (secondary N) is 1. The molecule has 136 valence electrons. The molecule has 2 aromatic rings. The van der Waals surface area contributed by atoms with E-state index in [-0.39, 0.29) is 12.5 Å². The average Bonchev–Trinajstić information content (AvgIpc) is 3.18. The van der Waals surface area contributed by atoms with Gasteiger partial charge in [-0.3, -0.25) is 19.2 Å². The molecule has 0 aliphatic carbocycles. The van der Waals surface area contributed by atoms with Crippen LogP contribution in [0.4, 0.5) is 14.6 Å². The number of nitrogens with zero attached hydrogens (tertiary/aromatic N) is 5. The van der Waals surface area contributed by atoms with Crippen LogP contribution in [0.3, 0.4) is 0 Å². The monoisotopic (exact) mass is 354 g/mol. The Morgan fingerprint density at radius 1 is 1.32 bits per heavy atom. The summed E-state index contributed by atoms with van der Waals surface area (Å²) in [4.78, 5) is 20.1. The summed E-state index contributed by atoms with van der Waals surface area (Å²) in [6, 6.07) is 1.65. The second-order valence-corrected chi connectivity index (χ2v) is 5.95. The SMILES string of the molecule is Cc1cc(NC(=O)CN2CCN(Cc3nccn3C(F)F)CC2)no1. The molecule has 8 nitrogen and oxygen atoms in total. The molecule has 0 radical (unpaired) electrons. The summed E-state index contributed by atoms with van der Waals surface area (Å²) in [5.74, 6) is 1.23. The van der Waals surface area contributed by atoms with Crippen LogP contribution in [0.1, 0.15) is 18.1 Å². The van der Waals surface area contributed by atoms with Gasteiger partial charge in [-0.25, -0.2) is 4.98 Å². The van der Waals surface area contributed by atoms with Crippen molar-refractivity contribution in [1.82, 2.24) is 24.5 Å². The molecule has 10 heteroatoms. The first-order valence-electron chi connectivity index (χ1n) is 7.99. The minimum Gasteiger partial charge on any atom is -0.360 e. The Labute approximate surface area is 143 Å². The van der Waals surface area contributed by atoms with Gasteiger partial charge in [-0.15, -0.1) is 0 Å². The highest BCUT2D eigenvalue weighted by atomic mass is 19.3. The van der Waals surface area contributed by atoms with E-state index in [9.17, 15) is 13.6 Å². The predicted octanol–water partition coefficient (Wildman–Crippen LogP) is 1.33. The second-order valence-electron chi connectivity index (χ2n) is 5.95. The minimum atomic E-state index is -2.58. The lowest BCUT2D eigenvalue weighted by molar-refractivity contribution is -0.117. The minimum absolute atomic E-state index is 0.157. The second kappa shape index (κ2) is 7.70. The molecule has 1 saturated heterocycles. The summed E-state index contributed by atoms with van der Waals surface area (Å²) in [6.45, 7) is 2.53. The van der Waals surface area contributed by atoms with Crippen molar-refractivity contribution in [2.24, 2.45) is 0 Å². The molecule has 0 saturated carbocycles. The molecule has 1 amide bonds. The molecule has 0 atom stereocenters. The van der Waals surface area contributed by atoms with Crippen molar-refractivity contribution in [3.63, 3.8) is 0 Å². The van der Waals surface area contributed by atoms with Crippen molar-refractivity contribution in [2.75, 3.05) is 38.0 Å². The molecule has 1 fully saturated rings. The summed E-state index contributed by atoms with van der Waals surface area (Å²) < 4.78 is 31.5. The van der Waals surface area contributed by atoms with E-state index in [0.29, 0.717) is 50.1 Å². The quantitative estimate of drug-likeness (QED) is 0.843. The zero-order valence-electron chi connectivity index (χ0n) is 13.9. The van der Waals surface area contributed by atoms with Crippen LogP contribution in [0.5, 0.6) is 0 Å². The van der Waals surface area contributed by atoms with E-state index in [1.165, 1.54) is 12.4 Å². The van der Waals surface area contributed by atoms with E-state index >= 15 is 0 Å². The Bertz CT molecular complexity index is 708. The van der Waals surface area contributed by atoms with Crippen molar-refractivity contribution >= 4 is 11.7 Å². The van der Waals surface area contributed by atoms with E-state index in [1.807, 2.05) is 4.90 Å². The van der Waals surface area contributed by atoms with Crippen molar-refractivity contribution in [2.45, 2.75) is 20.0 Å². The molecule has 1 N–H and O–H groups in total. The fourth-order valence-corrected chi connectivity index (χ4v) is 2.76. The highest BCUT2D eigenvalue weighted by Gasteiger charge is 2.21. The third-order valence-corrected chi connectivity index (χ3v) is 4.05. The van der Waals surface area contributed by atoms with E-state index in [2.05, 4.69) is 20.4 Å². The van der Waals surface area contributed by atoms with Crippen LogP contribution in [0, 0.1) is 6.92 Å². The number of imidazole rings is 1. The van der Waals surface area contributed by atoms with Crippen molar-refractivity contribution in [3.8, 4) is 0 Å². The highest BCUT2D eigenvalue weighted by Crippen LogP contribution is 2.15. The molecule has 1 aliphatic rings. The van der Waals surface area contributed by atoms with Gasteiger partial charge in [0.1, 0.15) is 11.6 Å². The smallest absolute Gasteiger partial charge is 0.319 e. The van der Waals surface area contributed by atoms with Crippen LogP contribution in [0.25, 0.3) is 0 Å². The summed E-state index contributed by atoms with van der Waals surface area (Å²) in [6.07, 6.45) is 2.67. The molecular formula is C15H20F2N6O2. The largest absolute Gasteiger partial charge is 0.360 e. The van der Waals surface area contributed by atoms with Crippen molar-refractivity contribution in [3.05, 3.63) is 30.0 Å². The van der Waals surface area contributed by atoms with Crippen LogP contribution in [0.2, 0.25) is 0 Å². The number of amides is 1. The van der Waals surface area contributed by atoms with Gasteiger partial charge in [0.15, 0.2) is 5.82 Å². The van der Waals surface area contributed by atoms with Crippen LogP contribution < -0.4 is 5.32 Å². The van der Waals surface area contributed by atoms with Gasteiger partial charge in [0.2, 0.25) is 5.91 Å². The lowest BCUT2D eigenvalue weighted by atomic mass is 10.3. The summed E-state index contributed by atoms with van der Waals surface area (Å²) in [7, 11) is 0. The molecule has 0 unspecified atom stereocenters. The summed E-state index contributed by atoms with van der Waals surface area (Å²) >= 11 is 0. The van der Waals surface area contributed by atoms with Gasteiger partial charge < -0.3 is 9.84 Å². The van der Waals surface area contributed by atoms with E-state index in [0.717, 1.165) is 4.57 Å². The highest BCUT2D eigenvalue weighted by molar-refractivity contribution is 5.91. The number of halogens is 2. The Morgan fingerprint density at radius 3 is 2.68 bits per heavy atom. The lowest BCUT2D eigenvalue weighted by Gasteiger charge is -2.34. The van der Waals surface area contributed by atoms with Gasteiger partial charge in [0, 0.05) is 44.6 Å². The summed E-state index contributed by atoms with van der Waals surface area (Å²) in [5, 5.41) is 6.40. The third-order valence-electron chi connectivity index (χ3n) is 4.05. The molecular weight excluding hydrogens is 334 g/mol. The van der Waals surface area contributed by atoms with Crippen LogP contribution in [-0.2, 0) is 11.3 Å². The molecule has 0 bridgehead atoms.